The molecule has 6 aliphatic rings. The number of fused-ring (bicyclic) bond motifs is 4. The molecule has 0 radical (unpaired) electrons. The van der Waals surface area contributed by atoms with Gasteiger partial charge in [0.2, 0.25) is 0 Å². The van der Waals surface area contributed by atoms with E-state index >= 15 is 0 Å². The maximum Gasteiger partial charge on any atom is 0.336 e. The van der Waals surface area contributed by atoms with E-state index in [4.69, 9.17) is 14.2 Å². The zero-order valence-corrected chi connectivity index (χ0v) is 25.1. The molecular weight excluding hydrogens is 536 g/mol. The Labute approximate surface area is 246 Å². The van der Waals surface area contributed by atoms with Crippen LogP contribution in [0.15, 0.2) is 29.6 Å². The number of methoxy groups -OCH3 is 1. The molecule has 1 spiro atoms. The third-order valence-corrected chi connectivity index (χ3v) is 12.8. The average Bonchev–Trinajstić information content (AvgIpc) is 3.61. The molecule has 9 heteroatoms. The molecule has 3 saturated carbocycles. The van der Waals surface area contributed by atoms with E-state index in [2.05, 4.69) is 23.8 Å². The highest BCUT2D eigenvalue weighted by molar-refractivity contribution is 6.25. The van der Waals surface area contributed by atoms with Crippen molar-refractivity contribution in [2.24, 2.45) is 40.4 Å². The number of aliphatic hydroxyl groups excluding tert-OH is 2. The molecule has 42 heavy (non-hydrogen) atoms. The predicted molar refractivity (Wildman–Crippen MR) is 152 cm³/mol. The van der Waals surface area contributed by atoms with Crippen molar-refractivity contribution in [1.82, 2.24) is 9.97 Å². The fraction of sp³-hybridized carbons (Fsp3) is 0.697. The number of aromatic nitrogens is 2. The second-order valence-electron chi connectivity index (χ2n) is 14.2. The van der Waals surface area contributed by atoms with Crippen molar-refractivity contribution in [1.29, 1.82) is 0 Å². The molecule has 2 aliphatic heterocycles. The second-order valence-corrected chi connectivity index (χ2v) is 14.2. The van der Waals surface area contributed by atoms with Crippen LogP contribution in [0.2, 0.25) is 0 Å². The van der Waals surface area contributed by atoms with E-state index in [0.29, 0.717) is 40.9 Å². The molecule has 4 aliphatic carbocycles. The first-order valence-electron chi connectivity index (χ1n) is 15.5. The minimum absolute atomic E-state index is 0.0151. The van der Waals surface area contributed by atoms with Crippen LogP contribution in [0.1, 0.15) is 71.8 Å². The van der Waals surface area contributed by atoms with Crippen molar-refractivity contribution in [3.63, 3.8) is 0 Å². The molecule has 1 aromatic rings. The van der Waals surface area contributed by atoms with Crippen LogP contribution in [-0.2, 0) is 19.1 Å². The van der Waals surface area contributed by atoms with Gasteiger partial charge in [-0.25, -0.2) is 14.8 Å². The van der Waals surface area contributed by atoms with Gasteiger partial charge in [-0.05, 0) is 87.0 Å². The predicted octanol–water partition coefficient (Wildman–Crippen LogP) is 3.68. The highest BCUT2D eigenvalue weighted by Crippen LogP contribution is 2.73. The maximum atomic E-state index is 14.5. The largest absolute Gasteiger partial charge is 0.467 e. The van der Waals surface area contributed by atoms with Crippen LogP contribution in [0.4, 0.5) is 0 Å². The minimum atomic E-state index is -0.881. The summed E-state index contributed by atoms with van der Waals surface area (Å²) >= 11 is 0. The summed E-state index contributed by atoms with van der Waals surface area (Å²) in [5.74, 6) is 1.04. The highest BCUT2D eigenvalue weighted by atomic mass is 16.6. The molecule has 1 aromatic heterocycles. The van der Waals surface area contributed by atoms with Gasteiger partial charge in [-0.3, -0.25) is 4.79 Å². The van der Waals surface area contributed by atoms with Crippen LogP contribution in [0.25, 0.3) is 5.57 Å². The Morgan fingerprint density at radius 1 is 1.14 bits per heavy atom. The molecule has 3 heterocycles. The second kappa shape index (κ2) is 9.44. The van der Waals surface area contributed by atoms with Crippen molar-refractivity contribution in [3.8, 4) is 6.01 Å². The van der Waals surface area contributed by atoms with Gasteiger partial charge < -0.3 is 24.4 Å². The van der Waals surface area contributed by atoms with E-state index in [1.165, 1.54) is 7.11 Å². The Bertz CT molecular complexity index is 1390. The summed E-state index contributed by atoms with van der Waals surface area (Å²) in [6.07, 6.45) is 9.16. The van der Waals surface area contributed by atoms with Gasteiger partial charge >= 0.3 is 12.0 Å². The van der Waals surface area contributed by atoms with Crippen LogP contribution in [0, 0.1) is 40.4 Å². The van der Waals surface area contributed by atoms with Gasteiger partial charge in [-0.2, -0.15) is 0 Å². The molecule has 11 atom stereocenters. The van der Waals surface area contributed by atoms with Gasteiger partial charge in [-0.15, -0.1) is 0 Å². The Hall–Kier alpha value is -2.62. The number of carbonyl (C=O) groups excluding carboxylic acids is 2. The number of esters is 1. The van der Waals surface area contributed by atoms with Crippen molar-refractivity contribution in [3.05, 3.63) is 35.2 Å². The summed E-state index contributed by atoms with van der Waals surface area (Å²) in [6, 6.07) is 0.230. The summed E-state index contributed by atoms with van der Waals surface area (Å²) in [4.78, 5) is 35.6. The van der Waals surface area contributed by atoms with E-state index in [1.54, 1.807) is 18.5 Å². The lowest BCUT2D eigenvalue weighted by atomic mass is 9.43. The molecule has 1 unspecified atom stereocenters. The van der Waals surface area contributed by atoms with Gasteiger partial charge in [0.1, 0.15) is 17.8 Å². The topological polar surface area (TPSA) is 131 Å². The van der Waals surface area contributed by atoms with Crippen LogP contribution in [-0.4, -0.2) is 69.6 Å². The zero-order valence-electron chi connectivity index (χ0n) is 25.1. The number of carbonyl (C=O) groups is 2. The number of epoxide rings is 1. The van der Waals surface area contributed by atoms with Gasteiger partial charge in [-0.1, -0.05) is 19.4 Å². The van der Waals surface area contributed by atoms with Crippen LogP contribution in [0.3, 0.4) is 0 Å². The number of allylic oxidation sites excluding steroid dienone is 1. The van der Waals surface area contributed by atoms with Gasteiger partial charge in [0, 0.05) is 30.0 Å². The molecule has 1 saturated heterocycles. The number of aliphatic hydroxyl groups is 2. The van der Waals surface area contributed by atoms with Crippen molar-refractivity contribution in [2.45, 2.75) is 90.1 Å². The quantitative estimate of drug-likeness (QED) is 0.397. The van der Waals surface area contributed by atoms with E-state index in [9.17, 15) is 19.8 Å². The number of cyclic esters (lactones) is 1. The maximum absolute atomic E-state index is 14.5. The van der Waals surface area contributed by atoms with Crippen LogP contribution >= 0.6 is 0 Å². The molecule has 9 nitrogen and oxygen atoms in total. The Morgan fingerprint density at radius 2 is 1.88 bits per heavy atom. The number of ketones is 1. The highest BCUT2D eigenvalue weighted by Gasteiger charge is 2.81. The van der Waals surface area contributed by atoms with Gasteiger partial charge in [0.05, 0.1) is 30.8 Å². The molecule has 0 amide bonds. The zero-order chi connectivity index (χ0) is 29.8. The number of nitrogens with zero attached hydrogens (tertiary/aromatic N) is 2. The Morgan fingerprint density at radius 3 is 2.55 bits per heavy atom. The molecule has 226 valence electrons. The molecule has 0 bridgehead atoms. The van der Waals surface area contributed by atoms with Crippen LogP contribution < -0.4 is 4.74 Å². The number of ether oxygens (including phenoxy) is 3. The fourth-order valence-electron chi connectivity index (χ4n) is 10.6. The molecule has 2 N–H and O–H groups in total. The summed E-state index contributed by atoms with van der Waals surface area (Å²) in [5.41, 5.74) is 0.711. The lowest BCUT2D eigenvalue weighted by Gasteiger charge is -2.58. The molecule has 0 aromatic carbocycles. The van der Waals surface area contributed by atoms with Gasteiger partial charge in [0.25, 0.3) is 0 Å². The van der Waals surface area contributed by atoms with Crippen molar-refractivity contribution < 1.29 is 34.0 Å². The van der Waals surface area contributed by atoms with Crippen molar-refractivity contribution >= 4 is 17.3 Å². The smallest absolute Gasteiger partial charge is 0.336 e. The SMILES string of the molecule is COc1ncc(C2=C[C@H](O)[C@@]34O[C@@H]3C[C@H]3[C@@H]5CC[C@H]([C@H](C)C6CC(C)=C(CO)C(=O)O6)[C@@]5(C)CC[C@@H]3[C@@]4(C)C2=O)cn1. The van der Waals surface area contributed by atoms with Crippen molar-refractivity contribution in [2.75, 3.05) is 13.7 Å². The van der Waals surface area contributed by atoms with E-state index in [0.717, 1.165) is 37.7 Å². The first-order chi connectivity index (χ1) is 20.0. The minimum Gasteiger partial charge on any atom is -0.467 e. The summed E-state index contributed by atoms with van der Waals surface area (Å²) in [5, 5.41) is 21.1. The molecular formula is C33H42N2O7. The van der Waals surface area contributed by atoms with E-state index in [1.807, 2.05) is 13.8 Å². The number of hydrogen-bond donors (Lipinski definition) is 2. The summed E-state index contributed by atoms with van der Waals surface area (Å²) in [7, 11) is 1.50. The lowest BCUT2D eigenvalue weighted by molar-refractivity contribution is -0.155. The summed E-state index contributed by atoms with van der Waals surface area (Å²) < 4.78 is 17.4. The van der Waals surface area contributed by atoms with E-state index < -0.39 is 17.1 Å². The number of rotatable bonds is 5. The average molecular weight is 579 g/mol. The Kier molecular flexibility index (Phi) is 6.33. The van der Waals surface area contributed by atoms with E-state index in [-0.39, 0.29) is 53.8 Å². The lowest BCUT2D eigenvalue weighted by Crippen LogP contribution is -2.64. The number of Topliss-reactive ketones (excluding diaryl/α,β-unsaturated/α-hetero) is 1. The normalized spacial score (nSPS) is 44.7. The third-order valence-electron chi connectivity index (χ3n) is 12.8. The monoisotopic (exact) mass is 578 g/mol. The van der Waals surface area contributed by atoms with Gasteiger partial charge in [0.15, 0.2) is 5.78 Å². The molecule has 7 rings (SSSR count). The summed E-state index contributed by atoms with van der Waals surface area (Å²) in [6.45, 7) is 8.34. The Balaban J connectivity index is 1.18. The third kappa shape index (κ3) is 3.53. The number of hydrogen-bond acceptors (Lipinski definition) is 9. The first-order valence-corrected chi connectivity index (χ1v) is 15.5. The standard InChI is InChI=1S/C33H42N2O7/c1-16-10-25(41-29(39)21(16)15-36)17(2)22-6-7-23-20-12-27-33(42-27)26(37)11-19(18-13-34-30(40-5)35-14-18)28(38)32(33,4)24(20)8-9-31(22,23)3/h11,13-14,17,20,22-27,36-37H,6-10,12,15H2,1-5H3/t17-,20-,22+,23-,24-,25?,26-,27+,31+,32-,33+/m0/s1. The van der Waals surface area contributed by atoms with Crippen LogP contribution in [0.5, 0.6) is 6.01 Å². The fourth-order valence-corrected chi connectivity index (χ4v) is 10.6. The first kappa shape index (κ1) is 28.2. The molecule has 4 fully saturated rings.